The van der Waals surface area contributed by atoms with Crippen molar-refractivity contribution < 1.29 is 33.2 Å². The van der Waals surface area contributed by atoms with Gasteiger partial charge in [-0.1, -0.05) is 114 Å². The largest absolute Gasteiger partial charge is 0.454 e. The molecule has 270 valence electrons. The van der Waals surface area contributed by atoms with Crippen LogP contribution in [0, 0.1) is 0 Å². The van der Waals surface area contributed by atoms with Crippen molar-refractivity contribution in [1.29, 1.82) is 0 Å². The third-order valence-corrected chi connectivity index (χ3v) is 10.3. The lowest BCUT2D eigenvalue weighted by Gasteiger charge is -2.40. The molecule has 4 aromatic rings. The number of quaternary nitrogens is 1. The summed E-state index contributed by atoms with van der Waals surface area (Å²) in [6, 6.07) is 27.9. The lowest BCUT2D eigenvalue weighted by atomic mass is 9.88. The van der Waals surface area contributed by atoms with Crippen molar-refractivity contribution in [3.63, 3.8) is 0 Å². The molecule has 3 atom stereocenters. The van der Waals surface area contributed by atoms with Crippen molar-refractivity contribution in [1.82, 2.24) is 4.90 Å². The van der Waals surface area contributed by atoms with E-state index in [4.69, 9.17) is 51.0 Å². The molecule has 1 saturated heterocycles. The van der Waals surface area contributed by atoms with Crippen molar-refractivity contribution in [3.8, 4) is 0 Å². The van der Waals surface area contributed by atoms with Gasteiger partial charge in [0.15, 0.2) is 13.2 Å². The maximum atomic E-state index is 14.8. The lowest BCUT2D eigenvalue weighted by molar-refractivity contribution is -0.868. The van der Waals surface area contributed by atoms with E-state index in [9.17, 15) is 24.0 Å². The first-order chi connectivity index (χ1) is 24.9. The molecule has 4 N–H and O–H groups in total. The van der Waals surface area contributed by atoms with E-state index in [0.29, 0.717) is 32.6 Å². The first-order valence-electron chi connectivity index (χ1n) is 16.6. The maximum absolute atomic E-state index is 14.8. The van der Waals surface area contributed by atoms with Crippen LogP contribution in [0.15, 0.2) is 103 Å². The van der Waals surface area contributed by atoms with Crippen molar-refractivity contribution in [3.05, 3.63) is 140 Å². The maximum Gasteiger partial charge on any atom is 0.330 e. The van der Waals surface area contributed by atoms with Gasteiger partial charge in [0.05, 0.1) is 13.0 Å². The van der Waals surface area contributed by atoms with Gasteiger partial charge in [0, 0.05) is 39.5 Å². The zero-order chi connectivity index (χ0) is 37.4. The second-order valence-corrected chi connectivity index (χ2v) is 14.0. The fourth-order valence-corrected chi connectivity index (χ4v) is 7.53. The Kier molecular flexibility index (Phi) is 12.7. The number of nitrogens with zero attached hydrogens (tertiary/aromatic N) is 2. The van der Waals surface area contributed by atoms with Gasteiger partial charge in [-0.05, 0) is 47.4 Å². The summed E-state index contributed by atoms with van der Waals surface area (Å²) in [5.74, 6) is -4.12. The molecule has 4 amide bonds. The van der Waals surface area contributed by atoms with E-state index in [2.05, 4.69) is 0 Å². The molecule has 3 unspecified atom stereocenters. The van der Waals surface area contributed by atoms with E-state index >= 15 is 0 Å². The number of primary amides is 2. The Labute approximate surface area is 316 Å². The Balaban J connectivity index is 1.59. The van der Waals surface area contributed by atoms with Gasteiger partial charge in [-0.25, -0.2) is 14.1 Å². The minimum atomic E-state index is -1.43. The van der Waals surface area contributed by atoms with Crippen LogP contribution in [0.2, 0.25) is 15.1 Å². The minimum absolute atomic E-state index is 0.0299. The number of hydrogen-bond acceptors (Lipinski definition) is 6. The molecule has 52 heavy (non-hydrogen) atoms. The summed E-state index contributed by atoms with van der Waals surface area (Å²) in [6.07, 6.45) is -0.0198. The summed E-state index contributed by atoms with van der Waals surface area (Å²) in [7, 11) is 0. The van der Waals surface area contributed by atoms with Gasteiger partial charge >= 0.3 is 11.9 Å². The standard InChI is InChI=1S/C39H37Cl3N4O6/c40-29-14-12-28(13-15-29)37(38(44)50)46(20-18-27-11-16-30(41)21-32(27)42)23-35(48)45(33(22-36(46)49)39(51)52-24-34(43)47)19-17-31(25-7-3-1-4-8-25)26-9-5-2-6-10-26/h1-16,21,31,33,37H,17-20,22-24H2,(H3-,43,44,47,50)/p+1. The van der Waals surface area contributed by atoms with Gasteiger partial charge in [0.2, 0.25) is 6.04 Å². The molecule has 1 fully saturated rings. The molecular weight excluding hydrogens is 727 g/mol. The molecule has 10 nitrogen and oxygen atoms in total. The Morgan fingerprint density at radius 2 is 1.40 bits per heavy atom. The number of hydrogen-bond donors (Lipinski definition) is 2. The lowest BCUT2D eigenvalue weighted by Crippen LogP contribution is -2.61. The van der Waals surface area contributed by atoms with Crippen molar-refractivity contribution in [2.75, 3.05) is 26.2 Å². The van der Waals surface area contributed by atoms with Gasteiger partial charge in [0.25, 0.3) is 17.7 Å². The summed E-state index contributed by atoms with van der Waals surface area (Å²) in [5, 5.41) is 1.13. The number of ether oxygens (including phenoxy) is 1. The van der Waals surface area contributed by atoms with Crippen LogP contribution in [0.4, 0.5) is 0 Å². The number of nitrogens with two attached hydrogens (primary N) is 2. The van der Waals surface area contributed by atoms with E-state index < -0.39 is 65.7 Å². The number of carbonyl (C=O) groups is 5. The third-order valence-electron chi connectivity index (χ3n) is 9.41. The van der Waals surface area contributed by atoms with Crippen LogP contribution in [0.1, 0.15) is 47.1 Å². The zero-order valence-corrected chi connectivity index (χ0v) is 30.4. The van der Waals surface area contributed by atoms with Crippen LogP contribution in [0.25, 0.3) is 0 Å². The van der Waals surface area contributed by atoms with E-state index in [1.165, 1.54) is 4.90 Å². The average molecular weight is 765 g/mol. The molecule has 0 radical (unpaired) electrons. The van der Waals surface area contributed by atoms with Crippen LogP contribution in [-0.2, 0) is 35.1 Å². The highest BCUT2D eigenvalue weighted by atomic mass is 35.5. The van der Waals surface area contributed by atoms with Crippen molar-refractivity contribution in [2.24, 2.45) is 11.5 Å². The molecule has 0 aliphatic carbocycles. The average Bonchev–Trinajstić information content (AvgIpc) is 3.22. The quantitative estimate of drug-likeness (QED) is 0.126. The normalized spacial score (nSPS) is 18.2. The Morgan fingerprint density at radius 3 is 1.96 bits per heavy atom. The fraction of sp³-hybridized carbons (Fsp3) is 0.256. The molecule has 0 saturated carbocycles. The molecule has 5 rings (SSSR count). The molecule has 0 aromatic heterocycles. The van der Waals surface area contributed by atoms with Crippen LogP contribution >= 0.6 is 34.8 Å². The molecule has 4 aromatic carbocycles. The number of rotatable bonds is 14. The van der Waals surface area contributed by atoms with E-state index in [1.54, 1.807) is 42.5 Å². The summed E-state index contributed by atoms with van der Waals surface area (Å²) in [6.45, 7) is -1.31. The summed E-state index contributed by atoms with van der Waals surface area (Å²) >= 11 is 18.9. The second kappa shape index (κ2) is 17.2. The van der Waals surface area contributed by atoms with Gasteiger partial charge in [0.1, 0.15) is 6.04 Å². The SMILES string of the molecule is NC(=O)COC(=O)C1CC(=O)[N+](CCc2ccc(Cl)cc2Cl)(C(C(N)=O)c2ccc(Cl)cc2)CC(=O)N1CCC(c1ccccc1)c1ccccc1. The van der Waals surface area contributed by atoms with Gasteiger partial charge in [-0.15, -0.1) is 0 Å². The number of benzene rings is 4. The summed E-state index contributed by atoms with van der Waals surface area (Å²) in [4.78, 5) is 69.6. The minimum Gasteiger partial charge on any atom is -0.454 e. The molecule has 0 bridgehead atoms. The number of halogens is 3. The summed E-state index contributed by atoms with van der Waals surface area (Å²) < 4.78 is 4.48. The predicted molar refractivity (Wildman–Crippen MR) is 198 cm³/mol. The van der Waals surface area contributed by atoms with Gasteiger partial charge in [-0.3, -0.25) is 14.4 Å². The smallest absolute Gasteiger partial charge is 0.330 e. The van der Waals surface area contributed by atoms with Crippen LogP contribution in [-0.4, -0.2) is 71.3 Å². The van der Waals surface area contributed by atoms with Crippen LogP contribution in [0.5, 0.6) is 0 Å². The molecule has 1 aliphatic rings. The number of esters is 1. The second-order valence-electron chi connectivity index (χ2n) is 12.7. The van der Waals surface area contributed by atoms with Gasteiger partial charge in [-0.2, -0.15) is 0 Å². The van der Waals surface area contributed by atoms with Crippen molar-refractivity contribution >= 4 is 64.4 Å². The van der Waals surface area contributed by atoms with Crippen molar-refractivity contribution in [2.45, 2.75) is 37.3 Å². The monoisotopic (exact) mass is 763 g/mol. The van der Waals surface area contributed by atoms with E-state index in [-0.39, 0.29) is 25.4 Å². The van der Waals surface area contributed by atoms with E-state index in [1.807, 2.05) is 60.7 Å². The molecule has 1 heterocycles. The topological polar surface area (TPSA) is 150 Å². The predicted octanol–water partition coefficient (Wildman–Crippen LogP) is 5.61. The van der Waals surface area contributed by atoms with Crippen LogP contribution < -0.4 is 11.5 Å². The third kappa shape index (κ3) is 9.00. The fourth-order valence-electron chi connectivity index (χ4n) is 6.90. The summed E-state index contributed by atoms with van der Waals surface area (Å²) in [5.41, 5.74) is 14.3. The Hall–Kier alpha value is -4.74. The number of amides is 4. The highest BCUT2D eigenvalue weighted by Gasteiger charge is 2.54. The van der Waals surface area contributed by atoms with Crippen LogP contribution in [0.3, 0.4) is 0 Å². The van der Waals surface area contributed by atoms with Gasteiger partial charge < -0.3 is 21.1 Å². The highest BCUT2D eigenvalue weighted by Crippen LogP contribution is 2.37. The Morgan fingerprint density at radius 1 is 0.808 bits per heavy atom. The molecular formula is C39H38Cl3N4O6+. The molecule has 13 heteroatoms. The first-order valence-corrected chi connectivity index (χ1v) is 17.8. The molecule has 0 spiro atoms. The zero-order valence-electron chi connectivity index (χ0n) is 28.1. The van der Waals surface area contributed by atoms with E-state index in [0.717, 1.165) is 11.1 Å². The highest BCUT2D eigenvalue weighted by molar-refractivity contribution is 6.35. The Bertz CT molecular complexity index is 1890. The first kappa shape index (κ1) is 38.5. The molecule has 1 aliphatic heterocycles. The number of carbonyl (C=O) groups excluding carboxylic acids is 5.